The maximum atomic E-state index is 12.8. The maximum Gasteiger partial charge on any atom is 0.433 e. The van der Waals surface area contributed by atoms with E-state index < -0.39 is 22.5 Å². The van der Waals surface area contributed by atoms with Crippen LogP contribution in [0.2, 0.25) is 0 Å². The van der Waals surface area contributed by atoms with Crippen molar-refractivity contribution >= 4 is 11.8 Å². The van der Waals surface area contributed by atoms with E-state index in [-0.39, 0.29) is 24.4 Å². The standard InChI is InChI=1S/C14H13FN4O5/c15-9-6-16-14(17-7-9)23-10-2-1-5-18(8-10)13(20)11-3-4-12(24-11)19(21)22/h3-4,6-7,10H,1-2,5,8H2. The van der Waals surface area contributed by atoms with Crippen LogP contribution in [0.5, 0.6) is 6.01 Å². The zero-order valence-corrected chi connectivity index (χ0v) is 12.4. The van der Waals surface area contributed by atoms with Crippen molar-refractivity contribution in [2.24, 2.45) is 0 Å². The Hall–Kier alpha value is -3.04. The Morgan fingerprint density at radius 1 is 1.42 bits per heavy atom. The third-order valence-corrected chi connectivity index (χ3v) is 3.52. The van der Waals surface area contributed by atoms with Gasteiger partial charge in [0.2, 0.25) is 0 Å². The molecule has 0 aromatic carbocycles. The first-order valence-electron chi connectivity index (χ1n) is 7.20. The molecule has 1 aliphatic rings. The van der Waals surface area contributed by atoms with E-state index in [1.54, 1.807) is 0 Å². The number of carbonyl (C=O) groups is 1. The lowest BCUT2D eigenvalue weighted by molar-refractivity contribution is -0.402. The summed E-state index contributed by atoms with van der Waals surface area (Å²) in [6, 6.07) is 2.44. The molecule has 1 fully saturated rings. The molecule has 3 heterocycles. The average Bonchev–Trinajstić information content (AvgIpc) is 3.07. The zero-order valence-electron chi connectivity index (χ0n) is 12.4. The molecular formula is C14H13FN4O5. The smallest absolute Gasteiger partial charge is 0.433 e. The average molecular weight is 336 g/mol. The summed E-state index contributed by atoms with van der Waals surface area (Å²) in [4.78, 5) is 31.2. The lowest BCUT2D eigenvalue weighted by Crippen LogP contribution is -2.44. The summed E-state index contributed by atoms with van der Waals surface area (Å²) < 4.78 is 23.3. The highest BCUT2D eigenvalue weighted by Gasteiger charge is 2.29. The van der Waals surface area contributed by atoms with Crippen LogP contribution in [0.15, 0.2) is 28.9 Å². The van der Waals surface area contributed by atoms with Gasteiger partial charge in [-0.3, -0.25) is 14.9 Å². The molecule has 1 saturated heterocycles. The molecule has 0 saturated carbocycles. The second-order valence-electron chi connectivity index (χ2n) is 5.21. The topological polar surface area (TPSA) is 112 Å². The van der Waals surface area contributed by atoms with Crippen molar-refractivity contribution in [3.8, 4) is 6.01 Å². The van der Waals surface area contributed by atoms with Crippen LogP contribution < -0.4 is 4.74 Å². The van der Waals surface area contributed by atoms with Gasteiger partial charge in [-0.15, -0.1) is 0 Å². The highest BCUT2D eigenvalue weighted by atomic mass is 19.1. The summed E-state index contributed by atoms with van der Waals surface area (Å²) in [6.07, 6.45) is 3.01. The van der Waals surface area contributed by atoms with Gasteiger partial charge in [-0.2, -0.15) is 0 Å². The van der Waals surface area contributed by atoms with E-state index in [0.717, 1.165) is 18.5 Å². The van der Waals surface area contributed by atoms with E-state index in [4.69, 9.17) is 9.15 Å². The van der Waals surface area contributed by atoms with Crippen molar-refractivity contribution in [2.75, 3.05) is 13.1 Å². The Morgan fingerprint density at radius 3 is 2.83 bits per heavy atom. The number of carbonyl (C=O) groups excluding carboxylic acids is 1. The number of amides is 1. The molecule has 0 aliphatic carbocycles. The predicted molar refractivity (Wildman–Crippen MR) is 76.9 cm³/mol. The monoisotopic (exact) mass is 336 g/mol. The molecule has 10 heteroatoms. The van der Waals surface area contributed by atoms with E-state index in [0.29, 0.717) is 19.4 Å². The lowest BCUT2D eigenvalue weighted by atomic mass is 10.1. The van der Waals surface area contributed by atoms with Crippen LogP contribution >= 0.6 is 0 Å². The highest BCUT2D eigenvalue weighted by molar-refractivity contribution is 5.91. The number of nitrogens with zero attached hydrogens (tertiary/aromatic N) is 4. The molecule has 1 amide bonds. The molecule has 0 bridgehead atoms. The van der Waals surface area contributed by atoms with Crippen LogP contribution in [0.1, 0.15) is 23.4 Å². The number of likely N-dealkylation sites (tertiary alicyclic amines) is 1. The number of ether oxygens (including phenoxy) is 1. The van der Waals surface area contributed by atoms with Gasteiger partial charge in [-0.25, -0.2) is 14.4 Å². The van der Waals surface area contributed by atoms with E-state index in [1.165, 1.54) is 11.0 Å². The van der Waals surface area contributed by atoms with Gasteiger partial charge >= 0.3 is 11.9 Å². The van der Waals surface area contributed by atoms with Gasteiger partial charge in [-0.1, -0.05) is 0 Å². The van der Waals surface area contributed by atoms with Crippen LogP contribution in [-0.2, 0) is 0 Å². The normalized spacial score (nSPS) is 17.5. The first kappa shape index (κ1) is 15.8. The van der Waals surface area contributed by atoms with Crippen molar-refractivity contribution in [1.82, 2.24) is 14.9 Å². The number of piperidine rings is 1. The number of furan rings is 1. The molecule has 1 atom stereocenters. The Kier molecular flexibility index (Phi) is 4.36. The van der Waals surface area contributed by atoms with E-state index >= 15 is 0 Å². The van der Waals surface area contributed by atoms with Gasteiger partial charge in [0.1, 0.15) is 11.0 Å². The summed E-state index contributed by atoms with van der Waals surface area (Å²) in [5.74, 6) is -1.60. The fraction of sp³-hybridized carbons (Fsp3) is 0.357. The fourth-order valence-corrected chi connectivity index (χ4v) is 2.43. The van der Waals surface area contributed by atoms with Crippen LogP contribution in [0.4, 0.5) is 10.3 Å². The molecule has 1 unspecified atom stereocenters. The largest absolute Gasteiger partial charge is 0.458 e. The lowest BCUT2D eigenvalue weighted by Gasteiger charge is -2.31. The molecule has 126 valence electrons. The van der Waals surface area contributed by atoms with Crippen molar-refractivity contribution in [1.29, 1.82) is 0 Å². The molecule has 0 spiro atoms. The van der Waals surface area contributed by atoms with Crippen LogP contribution in [-0.4, -0.2) is 44.9 Å². The first-order chi connectivity index (χ1) is 11.5. The van der Waals surface area contributed by atoms with Crippen LogP contribution in [0.25, 0.3) is 0 Å². The van der Waals surface area contributed by atoms with Crippen molar-refractivity contribution < 1.29 is 23.3 Å². The van der Waals surface area contributed by atoms with Crippen LogP contribution in [0, 0.1) is 15.9 Å². The van der Waals surface area contributed by atoms with Gasteiger partial charge in [0.15, 0.2) is 11.6 Å². The molecule has 24 heavy (non-hydrogen) atoms. The van der Waals surface area contributed by atoms with E-state index in [1.807, 2.05) is 0 Å². The second kappa shape index (κ2) is 6.60. The number of halogens is 1. The van der Waals surface area contributed by atoms with E-state index in [2.05, 4.69) is 9.97 Å². The number of nitro groups is 1. The van der Waals surface area contributed by atoms with Gasteiger partial charge in [0.25, 0.3) is 5.91 Å². The minimum absolute atomic E-state index is 0.0318. The molecule has 0 N–H and O–H groups in total. The third-order valence-electron chi connectivity index (χ3n) is 3.52. The third kappa shape index (κ3) is 3.47. The minimum Gasteiger partial charge on any atom is -0.458 e. The Bertz CT molecular complexity index is 748. The molecule has 9 nitrogen and oxygen atoms in total. The summed E-state index contributed by atoms with van der Waals surface area (Å²) in [7, 11) is 0. The predicted octanol–water partition coefficient (Wildman–Crippen LogP) is 1.80. The quantitative estimate of drug-likeness (QED) is 0.618. The summed E-state index contributed by atoms with van der Waals surface area (Å²) in [5.41, 5.74) is 0. The van der Waals surface area contributed by atoms with Crippen molar-refractivity contribution in [3.63, 3.8) is 0 Å². The van der Waals surface area contributed by atoms with E-state index in [9.17, 15) is 19.3 Å². The summed E-state index contributed by atoms with van der Waals surface area (Å²) >= 11 is 0. The Labute approximate surface area is 135 Å². The van der Waals surface area contributed by atoms with Gasteiger partial charge in [0.05, 0.1) is 25.0 Å². The summed E-state index contributed by atoms with van der Waals surface area (Å²) in [5, 5.41) is 10.6. The second-order valence-corrected chi connectivity index (χ2v) is 5.21. The molecular weight excluding hydrogens is 323 g/mol. The van der Waals surface area contributed by atoms with Gasteiger partial charge in [-0.05, 0) is 18.9 Å². The van der Waals surface area contributed by atoms with Gasteiger partial charge < -0.3 is 14.1 Å². The molecule has 1 aliphatic heterocycles. The van der Waals surface area contributed by atoms with Gasteiger partial charge in [0, 0.05) is 6.54 Å². The van der Waals surface area contributed by atoms with Crippen molar-refractivity contribution in [3.05, 3.63) is 46.2 Å². The fourth-order valence-electron chi connectivity index (χ4n) is 2.43. The first-order valence-corrected chi connectivity index (χ1v) is 7.20. The molecule has 0 radical (unpaired) electrons. The molecule has 3 rings (SSSR count). The Balaban J connectivity index is 1.64. The molecule has 2 aromatic rings. The molecule has 2 aromatic heterocycles. The van der Waals surface area contributed by atoms with Crippen LogP contribution in [0.3, 0.4) is 0 Å². The SMILES string of the molecule is O=C(c1ccc([N+](=O)[O-])o1)N1CCCC(Oc2ncc(F)cn2)C1. The van der Waals surface area contributed by atoms with Crippen molar-refractivity contribution in [2.45, 2.75) is 18.9 Å². The number of hydrogen-bond acceptors (Lipinski definition) is 7. The maximum absolute atomic E-state index is 12.8. The minimum atomic E-state index is -0.704. The number of aromatic nitrogens is 2. The Morgan fingerprint density at radius 2 is 2.17 bits per heavy atom. The zero-order chi connectivity index (χ0) is 17.1. The number of rotatable bonds is 4. The summed E-state index contributed by atoms with van der Waals surface area (Å²) in [6.45, 7) is 0.742. The number of hydrogen-bond donors (Lipinski definition) is 0. The highest BCUT2D eigenvalue weighted by Crippen LogP contribution is 2.21.